The maximum absolute atomic E-state index is 8.14. The van der Waals surface area contributed by atoms with Crippen molar-refractivity contribution >= 4 is 11.6 Å². The van der Waals surface area contributed by atoms with Crippen LogP contribution in [-0.4, -0.2) is 20.4 Å². The maximum atomic E-state index is 8.14. The van der Waals surface area contributed by atoms with Crippen LogP contribution in [0.25, 0.3) is 0 Å². The number of hydrogen-bond donors (Lipinski definition) is 2. The third kappa shape index (κ3) is 4.29. The Balaban J connectivity index is 0.000000151. The van der Waals surface area contributed by atoms with Gasteiger partial charge in [0.2, 0.25) is 0 Å². The Bertz CT molecular complexity index is 387. The fourth-order valence-electron chi connectivity index (χ4n) is 0.827. The molecule has 0 aliphatic heterocycles. The van der Waals surface area contributed by atoms with Gasteiger partial charge in [-0.25, -0.2) is 0 Å². The highest BCUT2D eigenvalue weighted by atomic mass is 35.5. The van der Waals surface area contributed by atoms with Crippen molar-refractivity contribution in [3.63, 3.8) is 0 Å². The second kappa shape index (κ2) is 6.62. The SMILES string of the molecule is ClCc1ccn[nH]1.N#CCc1ccn[nH]1. The molecule has 6 heteroatoms. The largest absolute Gasteiger partial charge is 0.282 e. The lowest BCUT2D eigenvalue weighted by Gasteiger charge is -1.77. The highest BCUT2D eigenvalue weighted by molar-refractivity contribution is 6.16. The van der Waals surface area contributed by atoms with Crippen LogP contribution in [0, 0.1) is 11.3 Å². The number of hydrogen-bond acceptors (Lipinski definition) is 3. The number of aromatic amines is 2. The Kier molecular flexibility index (Phi) is 4.98. The van der Waals surface area contributed by atoms with E-state index in [1.54, 1.807) is 18.5 Å². The molecular formula is C9H10ClN5. The van der Waals surface area contributed by atoms with E-state index in [0.29, 0.717) is 12.3 Å². The molecule has 0 radical (unpaired) electrons. The van der Waals surface area contributed by atoms with Gasteiger partial charge in [-0.1, -0.05) is 0 Å². The van der Waals surface area contributed by atoms with Crippen molar-refractivity contribution in [3.05, 3.63) is 35.9 Å². The van der Waals surface area contributed by atoms with Crippen LogP contribution in [0.3, 0.4) is 0 Å². The molecule has 0 saturated carbocycles. The molecule has 0 fully saturated rings. The molecular weight excluding hydrogens is 214 g/mol. The van der Waals surface area contributed by atoms with Gasteiger partial charge >= 0.3 is 0 Å². The number of nitrogens with one attached hydrogen (secondary N) is 2. The molecule has 2 aromatic rings. The molecule has 0 spiro atoms. The van der Waals surface area contributed by atoms with Gasteiger partial charge < -0.3 is 0 Å². The molecule has 2 heterocycles. The van der Waals surface area contributed by atoms with Gasteiger partial charge in [-0.05, 0) is 12.1 Å². The summed E-state index contributed by atoms with van der Waals surface area (Å²) in [6.07, 6.45) is 3.73. The van der Waals surface area contributed by atoms with E-state index in [9.17, 15) is 0 Å². The Hall–Kier alpha value is -1.80. The summed E-state index contributed by atoms with van der Waals surface area (Å²) in [5.41, 5.74) is 1.83. The molecule has 0 saturated heterocycles. The molecule has 0 aliphatic rings. The van der Waals surface area contributed by atoms with Crippen molar-refractivity contribution in [2.75, 3.05) is 0 Å². The van der Waals surface area contributed by atoms with E-state index in [-0.39, 0.29) is 0 Å². The average molecular weight is 224 g/mol. The van der Waals surface area contributed by atoms with E-state index >= 15 is 0 Å². The molecule has 5 nitrogen and oxygen atoms in total. The number of halogens is 1. The minimum Gasteiger partial charge on any atom is -0.282 e. The van der Waals surface area contributed by atoms with Crippen LogP contribution in [0.4, 0.5) is 0 Å². The quantitative estimate of drug-likeness (QED) is 0.760. The molecule has 0 aliphatic carbocycles. The number of rotatable bonds is 2. The molecule has 2 N–H and O–H groups in total. The second-order valence-corrected chi connectivity index (χ2v) is 2.90. The lowest BCUT2D eigenvalue weighted by molar-refractivity contribution is 1.01. The minimum absolute atomic E-state index is 0.417. The van der Waals surface area contributed by atoms with E-state index in [1.807, 2.05) is 12.1 Å². The topological polar surface area (TPSA) is 81.2 Å². The zero-order chi connectivity index (χ0) is 10.9. The highest BCUT2D eigenvalue weighted by Gasteiger charge is 1.87. The van der Waals surface area contributed by atoms with Gasteiger partial charge in [-0.15, -0.1) is 11.6 Å². The third-order valence-electron chi connectivity index (χ3n) is 1.53. The molecule has 0 unspecified atom stereocenters. The summed E-state index contributed by atoms with van der Waals surface area (Å²) in [4.78, 5) is 0. The first-order valence-corrected chi connectivity index (χ1v) is 4.79. The van der Waals surface area contributed by atoms with Crippen LogP contribution in [0.15, 0.2) is 24.5 Å². The summed E-state index contributed by atoms with van der Waals surface area (Å²) in [6.45, 7) is 0. The Labute approximate surface area is 92.1 Å². The number of nitrogens with zero attached hydrogens (tertiary/aromatic N) is 3. The Morgan fingerprint density at radius 1 is 1.20 bits per heavy atom. The van der Waals surface area contributed by atoms with Crippen molar-refractivity contribution in [1.82, 2.24) is 20.4 Å². The number of nitriles is 1. The standard InChI is InChI=1S/C5H5N3.C4H5ClN2/c6-3-1-5-2-4-7-8-5;5-3-4-1-2-6-7-4/h2,4H,1H2,(H,7,8);1-2H,3H2,(H,6,7). The third-order valence-corrected chi connectivity index (χ3v) is 1.82. The van der Waals surface area contributed by atoms with Gasteiger partial charge in [0.1, 0.15) is 0 Å². The Morgan fingerprint density at radius 3 is 2.13 bits per heavy atom. The van der Waals surface area contributed by atoms with Crippen LogP contribution < -0.4 is 0 Å². The minimum atomic E-state index is 0.417. The molecule has 15 heavy (non-hydrogen) atoms. The summed E-state index contributed by atoms with van der Waals surface area (Å²) < 4.78 is 0. The van der Waals surface area contributed by atoms with Crippen LogP contribution >= 0.6 is 11.6 Å². The zero-order valence-corrected chi connectivity index (χ0v) is 8.70. The molecule has 78 valence electrons. The van der Waals surface area contributed by atoms with Crippen molar-refractivity contribution in [1.29, 1.82) is 5.26 Å². The van der Waals surface area contributed by atoms with Gasteiger partial charge in [0, 0.05) is 23.8 Å². The van der Waals surface area contributed by atoms with Crippen LogP contribution in [-0.2, 0) is 12.3 Å². The summed E-state index contributed by atoms with van der Waals surface area (Å²) >= 11 is 5.40. The van der Waals surface area contributed by atoms with E-state index in [2.05, 4.69) is 20.4 Å². The van der Waals surface area contributed by atoms with Crippen molar-refractivity contribution < 1.29 is 0 Å². The number of H-pyrrole nitrogens is 2. The molecule has 0 bridgehead atoms. The van der Waals surface area contributed by atoms with Crippen LogP contribution in [0.1, 0.15) is 11.4 Å². The normalized spacial score (nSPS) is 8.80. The predicted octanol–water partition coefficient (Wildman–Crippen LogP) is 1.62. The molecule has 0 aromatic carbocycles. The van der Waals surface area contributed by atoms with Crippen LogP contribution in [0.2, 0.25) is 0 Å². The lowest BCUT2D eigenvalue weighted by Crippen LogP contribution is -1.78. The van der Waals surface area contributed by atoms with Crippen LogP contribution in [0.5, 0.6) is 0 Å². The molecule has 0 amide bonds. The van der Waals surface area contributed by atoms with Crippen molar-refractivity contribution in [2.45, 2.75) is 12.3 Å². The van der Waals surface area contributed by atoms with Gasteiger partial charge in [0.25, 0.3) is 0 Å². The smallest absolute Gasteiger partial charge is 0.0769 e. The zero-order valence-electron chi connectivity index (χ0n) is 7.94. The van der Waals surface area contributed by atoms with Crippen molar-refractivity contribution in [2.24, 2.45) is 0 Å². The molecule has 2 rings (SSSR count). The summed E-state index contributed by atoms with van der Waals surface area (Å²) in [5, 5.41) is 20.9. The fraction of sp³-hybridized carbons (Fsp3) is 0.222. The van der Waals surface area contributed by atoms with Crippen molar-refractivity contribution in [3.8, 4) is 6.07 Å². The summed E-state index contributed by atoms with van der Waals surface area (Å²) in [6, 6.07) is 5.62. The molecule has 2 aromatic heterocycles. The van der Waals surface area contributed by atoms with E-state index in [4.69, 9.17) is 16.9 Å². The summed E-state index contributed by atoms with van der Waals surface area (Å²) in [5.74, 6) is 0.514. The number of aromatic nitrogens is 4. The van der Waals surface area contributed by atoms with Gasteiger partial charge in [0.05, 0.1) is 18.4 Å². The Morgan fingerprint density at radius 2 is 1.80 bits per heavy atom. The maximum Gasteiger partial charge on any atom is 0.0769 e. The number of alkyl halides is 1. The first-order chi connectivity index (χ1) is 7.36. The second-order valence-electron chi connectivity index (χ2n) is 2.63. The fourth-order valence-corrected chi connectivity index (χ4v) is 0.976. The summed E-state index contributed by atoms with van der Waals surface area (Å²) in [7, 11) is 0. The van der Waals surface area contributed by atoms with E-state index < -0.39 is 0 Å². The predicted molar refractivity (Wildman–Crippen MR) is 56.0 cm³/mol. The lowest BCUT2D eigenvalue weighted by atomic mass is 10.3. The average Bonchev–Trinajstić information content (AvgIpc) is 2.91. The highest BCUT2D eigenvalue weighted by Crippen LogP contribution is 1.94. The molecule has 0 atom stereocenters. The van der Waals surface area contributed by atoms with Gasteiger partial charge in [0.15, 0.2) is 0 Å². The van der Waals surface area contributed by atoms with Gasteiger partial charge in [-0.2, -0.15) is 15.5 Å². The van der Waals surface area contributed by atoms with Gasteiger partial charge in [-0.3, -0.25) is 10.2 Å². The first-order valence-electron chi connectivity index (χ1n) is 4.26. The van der Waals surface area contributed by atoms with E-state index in [0.717, 1.165) is 11.4 Å². The first kappa shape index (κ1) is 11.3. The van der Waals surface area contributed by atoms with E-state index in [1.165, 1.54) is 0 Å². The monoisotopic (exact) mass is 223 g/mol.